The molecule has 6 N–H and O–H groups in total. The lowest BCUT2D eigenvalue weighted by Crippen LogP contribution is -3.06. The summed E-state index contributed by atoms with van der Waals surface area (Å²) in [6.07, 6.45) is 0. The van der Waals surface area contributed by atoms with Gasteiger partial charge < -0.3 is 30.6 Å². The maximum absolute atomic E-state index is 15.9. The zero-order valence-corrected chi connectivity index (χ0v) is 36.9. The fourth-order valence-corrected chi connectivity index (χ4v) is 16.1. The highest BCUT2D eigenvalue weighted by Crippen LogP contribution is 2.70. The molecule has 0 radical (unpaired) electrons. The third kappa shape index (κ3) is 5.36. The van der Waals surface area contributed by atoms with Crippen LogP contribution in [0.1, 0.15) is 83.0 Å². The summed E-state index contributed by atoms with van der Waals surface area (Å²) in [5.74, 6) is -6.28. The van der Waals surface area contributed by atoms with E-state index in [-0.39, 0.29) is 5.56 Å². The second kappa shape index (κ2) is 14.2. The van der Waals surface area contributed by atoms with Gasteiger partial charge in [0.1, 0.15) is 10.4 Å². The van der Waals surface area contributed by atoms with Crippen LogP contribution in [0.5, 0.6) is 0 Å². The van der Waals surface area contributed by atoms with Crippen molar-refractivity contribution in [2.45, 2.75) is 111 Å². The third-order valence-electron chi connectivity index (χ3n) is 14.2. The third-order valence-corrected chi connectivity index (χ3v) is 26.7. The van der Waals surface area contributed by atoms with Gasteiger partial charge in [0.15, 0.2) is 22.6 Å². The molecule has 58 heavy (non-hydrogen) atoms. The number of Topliss-reactive ketones (excluding diaryl/α,β-unsaturated/α-hetero) is 4. The maximum Gasteiger partial charge on any atom is 0.205 e. The van der Waals surface area contributed by atoms with Crippen molar-refractivity contribution in [3.8, 4) is 0 Å². The molecule has 1 saturated carbocycles. The Balaban J connectivity index is 2.28. The number of carbonyl (C=O) groups is 4. The van der Waals surface area contributed by atoms with E-state index >= 15 is 19.2 Å². The van der Waals surface area contributed by atoms with E-state index in [0.29, 0.717) is 0 Å². The molecule has 10 nitrogen and oxygen atoms in total. The average molecular weight is 825 g/mol. The van der Waals surface area contributed by atoms with Gasteiger partial charge in [-0.2, -0.15) is 0 Å². The van der Waals surface area contributed by atoms with Crippen molar-refractivity contribution >= 4 is 39.3 Å². The number of benzene rings is 4. The van der Waals surface area contributed by atoms with Gasteiger partial charge in [-0.1, -0.05) is 189 Å². The van der Waals surface area contributed by atoms with Gasteiger partial charge in [0.05, 0.1) is 16.1 Å². The van der Waals surface area contributed by atoms with E-state index in [2.05, 4.69) is 0 Å². The van der Waals surface area contributed by atoms with Crippen LogP contribution in [0.3, 0.4) is 0 Å². The molecule has 1 fully saturated rings. The minimum atomic E-state index is -4.49. The molecule has 5 rings (SSSR count). The minimum absolute atomic E-state index is 0.330. The quantitative estimate of drug-likeness (QED) is 0.0816. The lowest BCUT2D eigenvalue weighted by atomic mass is 9.48. The average Bonchev–Trinajstić information content (AvgIpc) is 3.20. The van der Waals surface area contributed by atoms with Crippen molar-refractivity contribution in [1.82, 2.24) is 0 Å². The molecule has 0 bridgehead atoms. The summed E-state index contributed by atoms with van der Waals surface area (Å²) in [4.78, 5) is 63.3. The van der Waals surface area contributed by atoms with Crippen LogP contribution in [-0.2, 0) is 0 Å². The zero-order valence-electron chi connectivity index (χ0n) is 34.9. The monoisotopic (exact) mass is 824 g/mol. The Morgan fingerprint density at radius 2 is 0.552 bits per heavy atom. The molecule has 1 aliphatic rings. The van der Waals surface area contributed by atoms with Crippen LogP contribution < -0.4 is 0 Å². The van der Waals surface area contributed by atoms with Crippen molar-refractivity contribution in [2.24, 2.45) is 0 Å². The maximum atomic E-state index is 15.9. The van der Waals surface area contributed by atoms with Gasteiger partial charge in [-0.05, 0) is 10.1 Å². The molecule has 4 aromatic carbocycles. The van der Waals surface area contributed by atoms with Crippen LogP contribution in [0.15, 0.2) is 121 Å². The van der Waals surface area contributed by atoms with Gasteiger partial charge in [-0.3, -0.25) is 19.2 Å². The molecular formula is C46H56O10Si2. The van der Waals surface area contributed by atoms with Gasteiger partial charge in [-0.15, -0.1) is 0 Å². The largest absolute Gasteiger partial charge is 0.386 e. The molecule has 0 saturated heterocycles. The van der Waals surface area contributed by atoms with E-state index in [1.807, 2.05) is 0 Å². The number of hydrogen-bond acceptors (Lipinski definition) is 10. The highest BCUT2D eigenvalue weighted by molar-refractivity contribution is 6.87. The summed E-state index contributed by atoms with van der Waals surface area (Å²) < 4.78 is 0. The number of hydrogen-bond donors (Lipinski definition) is 6. The topological polar surface area (TPSA) is 190 Å². The molecule has 0 aromatic heterocycles. The highest BCUT2D eigenvalue weighted by atomic mass is 28.3. The van der Waals surface area contributed by atoms with E-state index in [4.69, 9.17) is 0 Å². The van der Waals surface area contributed by atoms with Crippen LogP contribution in [0.2, 0.25) is 36.3 Å². The van der Waals surface area contributed by atoms with Crippen molar-refractivity contribution in [2.75, 3.05) is 0 Å². The van der Waals surface area contributed by atoms with Crippen molar-refractivity contribution < 1.29 is 49.8 Å². The Labute approximate surface area is 342 Å². The Kier molecular flexibility index (Phi) is 11.0. The van der Waals surface area contributed by atoms with Gasteiger partial charge >= 0.3 is 0 Å². The van der Waals surface area contributed by atoms with Crippen LogP contribution in [0.4, 0.5) is 0 Å². The molecule has 4 aromatic rings. The van der Waals surface area contributed by atoms with Gasteiger partial charge in [0.2, 0.25) is 23.0 Å². The second-order valence-electron chi connectivity index (χ2n) is 18.8. The second-order valence-corrected chi connectivity index (χ2v) is 29.7. The Bertz CT molecular complexity index is 2110. The standard InChI is InChI=1S/C46H56O10Si2/c1-39(2,3)57(7,8)45(55)42(52,36(48)32-25-17-12-18-26-32)41(51,35(47)31-23-15-11-16-24-31)43(53,37(49)33-27-19-13-20-28-33)46(56,58(9,10)40(4,5)6)44(45,54)38(50)34-29-21-14-22-30-34/h11-30,51-56H,1-10H3/t41-,42-,43+,44-,45-,46-/m1/s1. The van der Waals surface area contributed by atoms with Crippen molar-refractivity contribution in [1.29, 1.82) is 0 Å². The van der Waals surface area contributed by atoms with Gasteiger partial charge in [-0.25, -0.2) is 0 Å². The summed E-state index contributed by atoms with van der Waals surface area (Å²) in [6.45, 7) is 15.7. The SMILES string of the molecule is CC(C)(C)[Si](C)(C)[C@@]1(O)[C@](O)(C(=O)c2ccccc2)[C@](O)([Si](C)(C)C(C)(C)C)[C@](O)(C(=O)c2ccccc2)[C@@](O)(C(=O)c2ccccc2)[C@]1(O)C(=O)c1ccccc1. The molecular weight excluding hydrogens is 769 g/mol. The molecule has 0 spiro atoms. The van der Waals surface area contributed by atoms with Crippen LogP contribution >= 0.6 is 0 Å². The van der Waals surface area contributed by atoms with E-state index in [1.54, 1.807) is 65.8 Å². The fraction of sp³-hybridized carbons (Fsp3) is 0.391. The predicted octanol–water partition coefficient (Wildman–Crippen LogP) is 6.01. The van der Waals surface area contributed by atoms with E-state index < -0.39 is 98.9 Å². The van der Waals surface area contributed by atoms with E-state index in [9.17, 15) is 30.6 Å². The first-order valence-electron chi connectivity index (χ1n) is 19.3. The van der Waals surface area contributed by atoms with Gasteiger partial charge in [0.25, 0.3) is 0 Å². The van der Waals surface area contributed by atoms with Gasteiger partial charge in [0, 0.05) is 22.3 Å². The lowest BCUT2D eigenvalue weighted by Gasteiger charge is -2.76. The van der Waals surface area contributed by atoms with Crippen LogP contribution in [0, 0.1) is 0 Å². The Hall–Kier alpha value is -4.25. The number of rotatable bonds is 10. The Morgan fingerprint density at radius 1 is 0.362 bits per heavy atom. The molecule has 0 aliphatic heterocycles. The number of carbonyl (C=O) groups excluding carboxylic acids is 4. The van der Waals surface area contributed by atoms with E-state index in [0.717, 1.165) is 0 Å². The Morgan fingerprint density at radius 3 is 0.759 bits per heavy atom. The molecule has 308 valence electrons. The first kappa shape index (κ1) is 44.8. The summed E-state index contributed by atoms with van der Waals surface area (Å²) in [6, 6.07) is 27.5. The normalized spacial score (nSPS) is 29.4. The fourth-order valence-electron chi connectivity index (χ4n) is 8.97. The van der Waals surface area contributed by atoms with E-state index in [1.165, 1.54) is 123 Å². The smallest absolute Gasteiger partial charge is 0.205 e. The lowest BCUT2D eigenvalue weighted by molar-refractivity contribution is -0.347. The molecule has 1 aliphatic carbocycles. The first-order valence-corrected chi connectivity index (χ1v) is 25.3. The minimum Gasteiger partial charge on any atom is -0.386 e. The zero-order chi connectivity index (χ0) is 43.8. The summed E-state index contributed by atoms with van der Waals surface area (Å²) >= 11 is 0. The molecule has 6 atom stereocenters. The van der Waals surface area contributed by atoms with Crippen molar-refractivity contribution in [3.05, 3.63) is 144 Å². The molecule has 0 unspecified atom stereocenters. The van der Waals surface area contributed by atoms with Crippen LogP contribution in [-0.4, -0.2) is 103 Å². The van der Waals surface area contributed by atoms with Crippen LogP contribution in [0.25, 0.3) is 0 Å². The van der Waals surface area contributed by atoms with Crippen molar-refractivity contribution in [3.63, 3.8) is 0 Å². The first-order chi connectivity index (χ1) is 26.6. The molecule has 0 amide bonds. The highest BCUT2D eigenvalue weighted by Gasteiger charge is 2.99. The summed E-state index contributed by atoms with van der Waals surface area (Å²) in [7, 11) is -8.98. The predicted molar refractivity (Wildman–Crippen MR) is 227 cm³/mol. The summed E-state index contributed by atoms with van der Waals surface area (Å²) in [5, 5.41) is 75.7. The number of ketones is 4. The summed E-state index contributed by atoms with van der Waals surface area (Å²) in [5.41, 5.74) is -18.2. The molecule has 12 heteroatoms. The number of aliphatic hydroxyl groups is 6. The molecule has 0 heterocycles.